The van der Waals surface area contributed by atoms with E-state index in [1.165, 1.54) is 16.0 Å². The fourth-order valence-corrected chi connectivity index (χ4v) is 3.80. The lowest BCUT2D eigenvalue weighted by Gasteiger charge is -2.06. The Balaban J connectivity index is 2.15. The zero-order valence-corrected chi connectivity index (χ0v) is 16.4. The van der Waals surface area contributed by atoms with Gasteiger partial charge in [-0.2, -0.15) is 10.1 Å². The molecule has 142 valence electrons. The molecule has 0 bridgehead atoms. The molecule has 1 aromatic carbocycles. The van der Waals surface area contributed by atoms with Crippen LogP contribution in [0.4, 0.5) is 0 Å². The number of carbonyl (C=O) groups is 2. The molecule has 2 aromatic heterocycles. The second kappa shape index (κ2) is 7.75. The molecule has 3 rings (SSSR count). The maximum atomic E-state index is 12.7. The van der Waals surface area contributed by atoms with Crippen LogP contribution in [-0.2, 0) is 23.1 Å². The largest absolute Gasteiger partial charge is 0.497 e. The maximum absolute atomic E-state index is 12.7. The van der Waals surface area contributed by atoms with Crippen LogP contribution in [0.2, 0.25) is 0 Å². The lowest BCUT2D eigenvalue weighted by Crippen LogP contribution is -2.23. The van der Waals surface area contributed by atoms with E-state index < -0.39 is 11.9 Å². The third kappa shape index (κ3) is 3.77. The monoisotopic (exact) mass is 388 g/mol. The molecule has 9 heteroatoms. The van der Waals surface area contributed by atoms with Gasteiger partial charge in [0.1, 0.15) is 18.0 Å². The quantitative estimate of drug-likeness (QED) is 0.625. The number of methoxy groups -OCH3 is 1. The molecule has 0 N–H and O–H groups in total. The minimum absolute atomic E-state index is 0.0311. The lowest BCUT2D eigenvalue weighted by molar-refractivity contribution is -0.143. The van der Waals surface area contributed by atoms with Gasteiger partial charge in [-0.05, 0) is 32.0 Å². The van der Waals surface area contributed by atoms with E-state index in [0.717, 1.165) is 15.8 Å². The van der Waals surface area contributed by atoms with Crippen molar-refractivity contribution in [1.82, 2.24) is 14.3 Å². The predicted molar refractivity (Wildman–Crippen MR) is 101 cm³/mol. The number of rotatable bonds is 5. The summed E-state index contributed by atoms with van der Waals surface area (Å²) >= 11 is 1.31. The molecule has 0 unspecified atom stereocenters. The summed E-state index contributed by atoms with van der Waals surface area (Å²) in [5.41, 5.74) is 1.93. The standard InChI is InChI=1S/C18H20N4O4S/c1-5-26-15(23)10-22-13-7-6-12(25-4)8-14(13)27-18(22)20-17(24)16-11(2)9-19-21(16)3/h6-9H,5,10H2,1-4H3. The van der Waals surface area contributed by atoms with E-state index in [0.29, 0.717) is 16.2 Å². The summed E-state index contributed by atoms with van der Waals surface area (Å²) in [5.74, 6) is -0.116. The van der Waals surface area contributed by atoms with Crippen molar-refractivity contribution in [3.8, 4) is 5.75 Å². The number of esters is 1. The number of ether oxygens (including phenoxy) is 2. The average Bonchev–Trinajstić information content (AvgIpc) is 3.14. The van der Waals surface area contributed by atoms with Crippen LogP contribution in [0.15, 0.2) is 29.4 Å². The molecule has 0 aliphatic rings. The Morgan fingerprint density at radius 3 is 2.74 bits per heavy atom. The molecule has 0 saturated heterocycles. The van der Waals surface area contributed by atoms with E-state index in [9.17, 15) is 9.59 Å². The predicted octanol–water partition coefficient (Wildman–Crippen LogP) is 2.06. The van der Waals surface area contributed by atoms with Gasteiger partial charge in [-0.25, -0.2) is 0 Å². The summed E-state index contributed by atoms with van der Waals surface area (Å²) in [6.07, 6.45) is 1.62. The highest BCUT2D eigenvalue weighted by Crippen LogP contribution is 2.23. The fraction of sp³-hybridized carbons (Fsp3) is 0.333. The first-order chi connectivity index (χ1) is 12.9. The van der Waals surface area contributed by atoms with Crippen LogP contribution in [0, 0.1) is 6.92 Å². The normalized spacial score (nSPS) is 11.8. The van der Waals surface area contributed by atoms with Crippen molar-refractivity contribution < 1.29 is 19.1 Å². The highest BCUT2D eigenvalue weighted by atomic mass is 32.1. The number of hydrogen-bond acceptors (Lipinski definition) is 6. The van der Waals surface area contributed by atoms with Gasteiger partial charge in [0, 0.05) is 12.6 Å². The first-order valence-electron chi connectivity index (χ1n) is 8.35. The third-order valence-corrected chi connectivity index (χ3v) is 5.05. The molecular formula is C18H20N4O4S. The number of hydrogen-bond donors (Lipinski definition) is 0. The Morgan fingerprint density at radius 2 is 2.11 bits per heavy atom. The van der Waals surface area contributed by atoms with Crippen molar-refractivity contribution >= 4 is 33.4 Å². The summed E-state index contributed by atoms with van der Waals surface area (Å²) in [5, 5.41) is 4.08. The summed E-state index contributed by atoms with van der Waals surface area (Å²) in [6.45, 7) is 3.81. The highest BCUT2D eigenvalue weighted by molar-refractivity contribution is 7.16. The van der Waals surface area contributed by atoms with Crippen molar-refractivity contribution in [2.24, 2.45) is 12.0 Å². The van der Waals surface area contributed by atoms with Crippen LogP contribution in [0.1, 0.15) is 23.0 Å². The first kappa shape index (κ1) is 18.8. The maximum Gasteiger partial charge on any atom is 0.326 e. The number of benzene rings is 1. The minimum atomic E-state index is -0.413. The molecule has 3 aromatic rings. The van der Waals surface area contributed by atoms with Crippen molar-refractivity contribution in [1.29, 1.82) is 0 Å². The Bertz CT molecular complexity index is 1060. The van der Waals surface area contributed by atoms with Crippen LogP contribution in [0.3, 0.4) is 0 Å². The Morgan fingerprint density at radius 1 is 1.33 bits per heavy atom. The van der Waals surface area contributed by atoms with Crippen molar-refractivity contribution in [3.05, 3.63) is 40.5 Å². The van der Waals surface area contributed by atoms with Crippen molar-refractivity contribution in [2.75, 3.05) is 13.7 Å². The smallest absolute Gasteiger partial charge is 0.326 e. The van der Waals surface area contributed by atoms with E-state index in [1.54, 1.807) is 44.8 Å². The van der Waals surface area contributed by atoms with Crippen molar-refractivity contribution in [2.45, 2.75) is 20.4 Å². The van der Waals surface area contributed by atoms with Gasteiger partial charge in [-0.3, -0.25) is 14.3 Å². The van der Waals surface area contributed by atoms with Crippen LogP contribution in [-0.4, -0.2) is 39.9 Å². The molecule has 0 aliphatic heterocycles. The molecule has 0 radical (unpaired) electrons. The minimum Gasteiger partial charge on any atom is -0.497 e. The Kier molecular flexibility index (Phi) is 5.41. The van der Waals surface area contributed by atoms with E-state index >= 15 is 0 Å². The molecule has 0 saturated carbocycles. The number of carbonyl (C=O) groups excluding carboxylic acids is 2. The molecule has 0 atom stereocenters. The molecule has 8 nitrogen and oxygen atoms in total. The molecule has 2 heterocycles. The lowest BCUT2D eigenvalue weighted by atomic mass is 10.3. The summed E-state index contributed by atoms with van der Waals surface area (Å²) in [6, 6.07) is 5.48. The Labute approximate surface area is 159 Å². The zero-order valence-electron chi connectivity index (χ0n) is 15.6. The SMILES string of the molecule is CCOC(=O)Cn1c(=NC(=O)c2c(C)cnn2C)sc2cc(OC)ccc21. The van der Waals surface area contributed by atoms with Gasteiger partial charge in [-0.1, -0.05) is 11.3 Å². The number of amides is 1. The number of aryl methyl sites for hydroxylation is 2. The van der Waals surface area contributed by atoms with E-state index in [2.05, 4.69) is 10.1 Å². The summed E-state index contributed by atoms with van der Waals surface area (Å²) in [7, 11) is 3.28. The van der Waals surface area contributed by atoms with Crippen LogP contribution >= 0.6 is 11.3 Å². The zero-order chi connectivity index (χ0) is 19.6. The van der Waals surface area contributed by atoms with Gasteiger partial charge in [-0.15, -0.1) is 0 Å². The number of aromatic nitrogens is 3. The van der Waals surface area contributed by atoms with Gasteiger partial charge in [0.25, 0.3) is 5.91 Å². The van der Waals surface area contributed by atoms with E-state index in [4.69, 9.17) is 9.47 Å². The fourth-order valence-electron chi connectivity index (χ4n) is 2.75. The molecule has 0 spiro atoms. The second-order valence-corrected chi connectivity index (χ2v) is 6.84. The van der Waals surface area contributed by atoms with Crippen LogP contribution in [0.5, 0.6) is 5.75 Å². The molecule has 0 fully saturated rings. The van der Waals surface area contributed by atoms with Gasteiger partial charge in [0.05, 0.1) is 30.1 Å². The third-order valence-electron chi connectivity index (χ3n) is 4.00. The summed E-state index contributed by atoms with van der Waals surface area (Å²) < 4.78 is 14.3. The topological polar surface area (TPSA) is 87.7 Å². The molecule has 0 aliphatic carbocycles. The number of fused-ring (bicyclic) bond motifs is 1. The molecular weight excluding hydrogens is 368 g/mol. The second-order valence-electron chi connectivity index (χ2n) is 5.83. The van der Waals surface area contributed by atoms with Crippen molar-refractivity contribution in [3.63, 3.8) is 0 Å². The molecule has 27 heavy (non-hydrogen) atoms. The summed E-state index contributed by atoms with van der Waals surface area (Å²) in [4.78, 5) is 29.4. The van der Waals surface area contributed by atoms with Crippen LogP contribution < -0.4 is 9.54 Å². The van der Waals surface area contributed by atoms with E-state index in [-0.39, 0.29) is 13.2 Å². The highest BCUT2D eigenvalue weighted by Gasteiger charge is 2.16. The first-order valence-corrected chi connectivity index (χ1v) is 9.17. The van der Waals surface area contributed by atoms with E-state index in [1.807, 2.05) is 12.1 Å². The van der Waals surface area contributed by atoms with Crippen LogP contribution in [0.25, 0.3) is 10.2 Å². The van der Waals surface area contributed by atoms with Gasteiger partial charge < -0.3 is 14.0 Å². The Hall–Kier alpha value is -2.94. The molecule has 1 amide bonds. The van der Waals surface area contributed by atoms with Gasteiger partial charge in [0.2, 0.25) is 0 Å². The van der Waals surface area contributed by atoms with Gasteiger partial charge in [0.15, 0.2) is 4.80 Å². The number of nitrogens with zero attached hydrogens (tertiary/aromatic N) is 4. The average molecular weight is 388 g/mol. The number of thiazole rings is 1. The van der Waals surface area contributed by atoms with Gasteiger partial charge >= 0.3 is 5.97 Å².